The van der Waals surface area contributed by atoms with Crippen LogP contribution in [-0.4, -0.2) is 61.8 Å². The van der Waals surface area contributed by atoms with Gasteiger partial charge in [-0.3, -0.25) is 9.69 Å². The van der Waals surface area contributed by atoms with Crippen molar-refractivity contribution in [2.75, 3.05) is 21.3 Å². The maximum absolute atomic E-state index is 12.4. The number of nitrogens with zero attached hydrogens (tertiary/aromatic N) is 1. The molecule has 24 heavy (non-hydrogen) atoms. The van der Waals surface area contributed by atoms with Gasteiger partial charge < -0.3 is 18.9 Å². The first kappa shape index (κ1) is 17.8. The lowest BCUT2D eigenvalue weighted by Gasteiger charge is -2.36. The normalized spacial score (nSPS) is 24.2. The number of ether oxygens (including phenoxy) is 4. The fourth-order valence-corrected chi connectivity index (χ4v) is 3.26. The van der Waals surface area contributed by atoms with Gasteiger partial charge >= 0.3 is 17.9 Å². The number of esters is 3. The zero-order valence-electron chi connectivity index (χ0n) is 13.9. The number of allylic oxidation sites excluding steroid dienone is 1. The summed E-state index contributed by atoms with van der Waals surface area (Å²) >= 11 is 0. The zero-order chi connectivity index (χ0) is 18.1. The number of likely N-dealkylation sites (tertiary alicyclic amines) is 1. The van der Waals surface area contributed by atoms with Crippen molar-refractivity contribution < 1.29 is 38.1 Å². The van der Waals surface area contributed by atoms with Gasteiger partial charge in [0.15, 0.2) is 6.23 Å². The molecule has 9 heteroatoms. The number of methoxy groups -OCH3 is 3. The number of amides is 1. The SMILES string of the molecule is COC(=O)C1=CC[C@H]2CC(C(=O)OC)(C(=O)OC)N(C(C)=O)[C@@H]2O1. The summed E-state index contributed by atoms with van der Waals surface area (Å²) in [6.07, 6.45) is 0.839. The quantitative estimate of drug-likeness (QED) is 0.392. The minimum atomic E-state index is -1.94. The maximum atomic E-state index is 12.4. The molecule has 132 valence electrons. The van der Waals surface area contributed by atoms with Crippen molar-refractivity contribution in [1.82, 2.24) is 4.90 Å². The highest BCUT2D eigenvalue weighted by molar-refractivity contribution is 6.08. The molecule has 2 atom stereocenters. The standard InChI is InChI=1S/C15H19NO8/c1-8(17)16-11-9(5-6-10(24-11)12(18)21-2)7-15(16,13(19)22-3)14(20)23-4/h6,9,11H,5,7H2,1-4H3/t9-,11+/m0/s1. The first-order valence-corrected chi connectivity index (χ1v) is 7.25. The van der Waals surface area contributed by atoms with Crippen molar-refractivity contribution in [3.05, 3.63) is 11.8 Å². The molecule has 1 fully saturated rings. The fraction of sp³-hybridized carbons (Fsp3) is 0.600. The van der Waals surface area contributed by atoms with E-state index >= 15 is 0 Å². The minimum Gasteiger partial charge on any atom is -0.467 e. The Morgan fingerprint density at radius 3 is 2.17 bits per heavy atom. The first-order chi connectivity index (χ1) is 11.3. The molecule has 0 aliphatic carbocycles. The molecule has 0 aromatic rings. The van der Waals surface area contributed by atoms with Gasteiger partial charge in [-0.05, 0) is 12.5 Å². The van der Waals surface area contributed by atoms with E-state index in [1.807, 2.05) is 0 Å². The van der Waals surface area contributed by atoms with Crippen LogP contribution in [0.2, 0.25) is 0 Å². The number of carbonyl (C=O) groups is 4. The fourth-order valence-electron chi connectivity index (χ4n) is 3.26. The van der Waals surface area contributed by atoms with Crippen LogP contribution in [0.1, 0.15) is 19.8 Å². The van der Waals surface area contributed by atoms with E-state index in [1.54, 1.807) is 0 Å². The van der Waals surface area contributed by atoms with Gasteiger partial charge in [-0.15, -0.1) is 0 Å². The van der Waals surface area contributed by atoms with Gasteiger partial charge in [-0.2, -0.15) is 0 Å². The van der Waals surface area contributed by atoms with Crippen LogP contribution < -0.4 is 0 Å². The smallest absolute Gasteiger partial charge is 0.373 e. The minimum absolute atomic E-state index is 0.0262. The molecule has 2 heterocycles. The van der Waals surface area contributed by atoms with Gasteiger partial charge in [0, 0.05) is 19.3 Å². The van der Waals surface area contributed by atoms with E-state index in [4.69, 9.17) is 14.2 Å². The number of hydrogen-bond acceptors (Lipinski definition) is 8. The van der Waals surface area contributed by atoms with Crippen molar-refractivity contribution in [3.8, 4) is 0 Å². The molecule has 1 saturated heterocycles. The third-order valence-corrected chi connectivity index (χ3v) is 4.25. The second-order valence-corrected chi connectivity index (χ2v) is 5.50. The monoisotopic (exact) mass is 341 g/mol. The van der Waals surface area contributed by atoms with Crippen LogP contribution in [0.4, 0.5) is 0 Å². The molecule has 1 amide bonds. The van der Waals surface area contributed by atoms with Crippen molar-refractivity contribution in [3.63, 3.8) is 0 Å². The highest BCUT2D eigenvalue weighted by Crippen LogP contribution is 2.45. The average molecular weight is 341 g/mol. The van der Waals surface area contributed by atoms with Crippen LogP contribution in [0.25, 0.3) is 0 Å². The summed E-state index contributed by atoms with van der Waals surface area (Å²) in [5.74, 6) is -3.56. The molecular weight excluding hydrogens is 322 g/mol. The van der Waals surface area contributed by atoms with E-state index in [1.165, 1.54) is 20.1 Å². The van der Waals surface area contributed by atoms with Crippen molar-refractivity contribution in [1.29, 1.82) is 0 Å². The Hall–Kier alpha value is -2.58. The van der Waals surface area contributed by atoms with Crippen LogP contribution in [0.5, 0.6) is 0 Å². The van der Waals surface area contributed by atoms with Gasteiger partial charge in [0.2, 0.25) is 17.2 Å². The van der Waals surface area contributed by atoms with Gasteiger partial charge in [0.25, 0.3) is 0 Å². The lowest BCUT2D eigenvalue weighted by atomic mass is 9.89. The topological polar surface area (TPSA) is 108 Å². The molecule has 9 nitrogen and oxygen atoms in total. The molecule has 2 aliphatic heterocycles. The Morgan fingerprint density at radius 2 is 1.71 bits per heavy atom. The summed E-state index contributed by atoms with van der Waals surface area (Å²) in [6, 6.07) is 0. The molecule has 0 aromatic carbocycles. The van der Waals surface area contributed by atoms with E-state index in [0.29, 0.717) is 6.42 Å². The van der Waals surface area contributed by atoms with Crippen molar-refractivity contribution in [2.45, 2.75) is 31.5 Å². The van der Waals surface area contributed by atoms with Gasteiger partial charge in [-0.1, -0.05) is 0 Å². The molecular formula is C15H19NO8. The molecule has 0 bridgehead atoms. The predicted molar refractivity (Wildman–Crippen MR) is 77.0 cm³/mol. The molecule has 2 aliphatic rings. The van der Waals surface area contributed by atoms with E-state index in [2.05, 4.69) is 4.74 Å². The predicted octanol–water partition coefficient (Wildman–Crippen LogP) is -0.257. The van der Waals surface area contributed by atoms with Crippen LogP contribution in [-0.2, 0) is 38.1 Å². The Morgan fingerprint density at radius 1 is 1.12 bits per heavy atom. The highest BCUT2D eigenvalue weighted by atomic mass is 16.6. The summed E-state index contributed by atoms with van der Waals surface area (Å²) in [5, 5.41) is 0. The van der Waals surface area contributed by atoms with E-state index in [9.17, 15) is 19.2 Å². The molecule has 2 rings (SSSR count). The zero-order valence-corrected chi connectivity index (χ0v) is 13.9. The highest BCUT2D eigenvalue weighted by Gasteiger charge is 2.65. The van der Waals surface area contributed by atoms with Crippen LogP contribution in [0.15, 0.2) is 11.8 Å². The molecule has 0 saturated carbocycles. The summed E-state index contributed by atoms with van der Waals surface area (Å²) < 4.78 is 19.7. The lowest BCUT2D eigenvalue weighted by Crippen LogP contribution is -2.61. The van der Waals surface area contributed by atoms with Gasteiger partial charge in [0.1, 0.15) is 0 Å². The van der Waals surface area contributed by atoms with E-state index in [-0.39, 0.29) is 18.1 Å². The van der Waals surface area contributed by atoms with Gasteiger partial charge in [-0.25, -0.2) is 14.4 Å². The van der Waals surface area contributed by atoms with Crippen LogP contribution >= 0.6 is 0 Å². The number of hydrogen-bond donors (Lipinski definition) is 0. The number of carbonyl (C=O) groups excluding carboxylic acids is 4. The van der Waals surface area contributed by atoms with E-state index < -0.39 is 35.6 Å². The maximum Gasteiger partial charge on any atom is 0.373 e. The van der Waals surface area contributed by atoms with Crippen molar-refractivity contribution >= 4 is 23.8 Å². The molecule has 0 unspecified atom stereocenters. The average Bonchev–Trinajstić information content (AvgIpc) is 2.94. The summed E-state index contributed by atoms with van der Waals surface area (Å²) in [5.41, 5.74) is -1.94. The van der Waals surface area contributed by atoms with E-state index in [0.717, 1.165) is 19.1 Å². The molecule has 0 N–H and O–H groups in total. The van der Waals surface area contributed by atoms with Crippen molar-refractivity contribution in [2.24, 2.45) is 5.92 Å². The summed E-state index contributed by atoms with van der Waals surface area (Å²) in [6.45, 7) is 1.20. The third kappa shape index (κ3) is 2.49. The number of rotatable bonds is 3. The first-order valence-electron chi connectivity index (χ1n) is 7.25. The Bertz CT molecular complexity index is 595. The summed E-state index contributed by atoms with van der Waals surface area (Å²) in [4.78, 5) is 49.6. The Labute approximate surface area is 138 Å². The van der Waals surface area contributed by atoms with Crippen LogP contribution in [0.3, 0.4) is 0 Å². The molecule has 0 spiro atoms. The molecule has 0 radical (unpaired) electrons. The Kier molecular flexibility index (Phi) is 4.81. The molecule has 0 aromatic heterocycles. The third-order valence-electron chi connectivity index (χ3n) is 4.25. The van der Waals surface area contributed by atoms with Crippen LogP contribution in [0, 0.1) is 5.92 Å². The second-order valence-electron chi connectivity index (χ2n) is 5.50. The Balaban J connectivity index is 2.48. The number of fused-ring (bicyclic) bond motifs is 1. The van der Waals surface area contributed by atoms with Gasteiger partial charge in [0.05, 0.1) is 21.3 Å². The lowest BCUT2D eigenvalue weighted by molar-refractivity contribution is -0.181. The largest absolute Gasteiger partial charge is 0.467 e. The summed E-state index contributed by atoms with van der Waals surface area (Å²) in [7, 11) is 3.43. The second kappa shape index (κ2) is 6.50.